The Morgan fingerprint density at radius 2 is 1.96 bits per heavy atom. The molecule has 0 aliphatic rings. The lowest BCUT2D eigenvalue weighted by atomic mass is 9.93. The van der Waals surface area contributed by atoms with Crippen molar-refractivity contribution in [1.29, 1.82) is 0 Å². The Morgan fingerprint density at radius 1 is 1.19 bits per heavy atom. The molecule has 2 aromatic carbocycles. The average molecular weight is 357 g/mol. The number of carbonyl (C=O) groups excluding carboxylic acids is 1. The molecule has 1 amide bonds. The third kappa shape index (κ3) is 4.69. The molecule has 26 heavy (non-hydrogen) atoms. The zero-order valence-electron chi connectivity index (χ0n) is 15.6. The fraction of sp³-hybridized carbons (Fsp3) is 0.381. The summed E-state index contributed by atoms with van der Waals surface area (Å²) in [5.41, 5.74) is 3.60. The number of rotatable bonds is 7. The maximum atomic E-state index is 11.5. The Labute approximate surface area is 154 Å². The number of alkyl carbamates (subject to hydrolysis) is 1. The van der Waals surface area contributed by atoms with Crippen molar-refractivity contribution in [3.05, 3.63) is 47.0 Å². The molecule has 0 radical (unpaired) electrons. The molecule has 0 saturated heterocycles. The Morgan fingerprint density at radius 3 is 2.62 bits per heavy atom. The van der Waals surface area contributed by atoms with Crippen LogP contribution in [0.5, 0.6) is 11.5 Å². The van der Waals surface area contributed by atoms with Gasteiger partial charge in [0, 0.05) is 5.56 Å². The molecule has 0 atom stereocenters. The minimum absolute atomic E-state index is 0.00139. The number of benzene rings is 2. The van der Waals surface area contributed by atoms with Gasteiger partial charge in [0.1, 0.15) is 11.5 Å². The number of hydrogen-bond donors (Lipinski definition) is 3. The molecule has 2 rings (SSSR count). The van der Waals surface area contributed by atoms with Crippen LogP contribution in [0.25, 0.3) is 11.1 Å². The van der Waals surface area contributed by atoms with Crippen molar-refractivity contribution in [2.24, 2.45) is 0 Å². The number of nitrogens with one attached hydrogen (secondary N) is 1. The van der Waals surface area contributed by atoms with Crippen molar-refractivity contribution in [3.8, 4) is 22.6 Å². The number of ether oxygens (including phenoxy) is 1. The van der Waals surface area contributed by atoms with Crippen molar-refractivity contribution in [1.82, 2.24) is 5.32 Å². The van der Waals surface area contributed by atoms with E-state index in [1.807, 2.05) is 31.2 Å². The lowest BCUT2D eigenvalue weighted by molar-refractivity contribution is 0.170. The van der Waals surface area contributed by atoms with E-state index in [1.54, 1.807) is 6.07 Å². The molecule has 140 valence electrons. The molecule has 0 saturated carbocycles. The molecular formula is C21H27NO4. The summed E-state index contributed by atoms with van der Waals surface area (Å²) in [6, 6.07) is 9.28. The van der Waals surface area contributed by atoms with E-state index in [2.05, 4.69) is 17.0 Å². The van der Waals surface area contributed by atoms with E-state index in [0.29, 0.717) is 11.1 Å². The van der Waals surface area contributed by atoms with Gasteiger partial charge in [-0.1, -0.05) is 49.6 Å². The van der Waals surface area contributed by atoms with Gasteiger partial charge in [-0.25, -0.2) is 4.79 Å². The number of methoxy groups -OCH3 is 1. The first-order valence-electron chi connectivity index (χ1n) is 8.93. The number of unbranched alkanes of at least 4 members (excludes halogenated alkanes) is 2. The van der Waals surface area contributed by atoms with Crippen LogP contribution < -0.4 is 5.32 Å². The van der Waals surface area contributed by atoms with Crippen LogP contribution in [-0.2, 0) is 17.7 Å². The van der Waals surface area contributed by atoms with Crippen molar-refractivity contribution < 1.29 is 19.7 Å². The quantitative estimate of drug-likeness (QED) is 0.630. The van der Waals surface area contributed by atoms with Gasteiger partial charge in [-0.15, -0.1) is 0 Å². The van der Waals surface area contributed by atoms with Crippen molar-refractivity contribution in [2.45, 2.75) is 46.1 Å². The fourth-order valence-corrected chi connectivity index (χ4v) is 3.05. The van der Waals surface area contributed by atoms with Gasteiger partial charge in [0.05, 0.1) is 19.2 Å². The molecule has 0 heterocycles. The van der Waals surface area contributed by atoms with Gasteiger partial charge in [-0.3, -0.25) is 0 Å². The topological polar surface area (TPSA) is 78.8 Å². The smallest absolute Gasteiger partial charge is 0.407 e. The van der Waals surface area contributed by atoms with Crippen LogP contribution in [0.15, 0.2) is 30.3 Å². The normalized spacial score (nSPS) is 10.6. The number of hydrogen-bond acceptors (Lipinski definition) is 4. The molecule has 0 aliphatic heterocycles. The minimum Gasteiger partial charge on any atom is -0.507 e. The highest BCUT2D eigenvalue weighted by molar-refractivity contribution is 5.79. The zero-order valence-corrected chi connectivity index (χ0v) is 15.6. The standard InChI is InChI=1S/C21H27NO4/c1-4-5-6-9-15-12-18(23)19(16-10-7-8-14(2)11-16)20(24)17(15)13-22-21(25)26-3/h7-8,10-12,23-24H,4-6,9,13H2,1-3H3,(H,22,25). The number of aryl methyl sites for hydroxylation is 2. The second-order valence-corrected chi connectivity index (χ2v) is 6.43. The maximum absolute atomic E-state index is 11.5. The van der Waals surface area contributed by atoms with Crippen LogP contribution in [0, 0.1) is 6.92 Å². The summed E-state index contributed by atoms with van der Waals surface area (Å²) in [7, 11) is 1.30. The summed E-state index contributed by atoms with van der Waals surface area (Å²) in [6.45, 7) is 4.21. The minimum atomic E-state index is -0.561. The molecule has 5 heteroatoms. The summed E-state index contributed by atoms with van der Waals surface area (Å²) in [5.74, 6) is 0.0416. The molecule has 0 aromatic heterocycles. The molecule has 0 fully saturated rings. The first kappa shape index (κ1) is 19.6. The third-order valence-corrected chi connectivity index (χ3v) is 4.43. The summed E-state index contributed by atoms with van der Waals surface area (Å²) >= 11 is 0. The lowest BCUT2D eigenvalue weighted by Crippen LogP contribution is -2.23. The monoisotopic (exact) mass is 357 g/mol. The van der Waals surface area contributed by atoms with E-state index in [0.717, 1.165) is 42.4 Å². The van der Waals surface area contributed by atoms with Gasteiger partial charge in [0.2, 0.25) is 0 Å². The molecule has 2 aromatic rings. The molecule has 3 N–H and O–H groups in total. The molecular weight excluding hydrogens is 330 g/mol. The summed E-state index contributed by atoms with van der Waals surface area (Å²) in [5, 5.41) is 24.1. The largest absolute Gasteiger partial charge is 0.507 e. The van der Waals surface area contributed by atoms with Crippen LogP contribution in [0.2, 0.25) is 0 Å². The Kier molecular flexibility index (Phi) is 6.89. The summed E-state index contributed by atoms with van der Waals surface area (Å²) in [4.78, 5) is 11.5. The zero-order chi connectivity index (χ0) is 19.1. The second-order valence-electron chi connectivity index (χ2n) is 6.43. The SMILES string of the molecule is CCCCCc1cc(O)c(-c2cccc(C)c2)c(O)c1CNC(=O)OC. The highest BCUT2D eigenvalue weighted by atomic mass is 16.5. The van der Waals surface area contributed by atoms with Gasteiger partial charge < -0.3 is 20.3 Å². The number of amides is 1. The molecule has 5 nitrogen and oxygen atoms in total. The van der Waals surface area contributed by atoms with Crippen LogP contribution in [0.4, 0.5) is 4.79 Å². The Hall–Kier alpha value is -2.69. The first-order chi connectivity index (χ1) is 12.5. The van der Waals surface area contributed by atoms with Crippen LogP contribution in [0.1, 0.15) is 42.9 Å². The molecule has 0 unspecified atom stereocenters. The Bertz CT molecular complexity index is 771. The predicted molar refractivity (Wildman–Crippen MR) is 102 cm³/mol. The summed E-state index contributed by atoms with van der Waals surface area (Å²) in [6.07, 6.45) is 3.25. The second kappa shape index (κ2) is 9.13. The molecule has 0 bridgehead atoms. The van der Waals surface area contributed by atoms with Crippen molar-refractivity contribution in [2.75, 3.05) is 7.11 Å². The molecule has 0 spiro atoms. The predicted octanol–water partition coefficient (Wildman–Crippen LogP) is 4.66. The van der Waals surface area contributed by atoms with Crippen LogP contribution in [0.3, 0.4) is 0 Å². The van der Waals surface area contributed by atoms with Gasteiger partial charge in [-0.05, 0) is 37.0 Å². The number of aromatic hydroxyl groups is 2. The Balaban J connectivity index is 2.48. The number of carbonyl (C=O) groups is 1. The van der Waals surface area contributed by atoms with E-state index < -0.39 is 6.09 Å². The molecule has 0 aliphatic carbocycles. The first-order valence-corrected chi connectivity index (χ1v) is 8.93. The maximum Gasteiger partial charge on any atom is 0.407 e. The highest BCUT2D eigenvalue weighted by Gasteiger charge is 2.19. The van der Waals surface area contributed by atoms with Crippen molar-refractivity contribution >= 4 is 6.09 Å². The lowest BCUT2D eigenvalue weighted by Gasteiger charge is -2.17. The van der Waals surface area contributed by atoms with E-state index in [4.69, 9.17) is 0 Å². The van der Waals surface area contributed by atoms with Gasteiger partial charge >= 0.3 is 6.09 Å². The fourth-order valence-electron chi connectivity index (χ4n) is 3.05. The van der Waals surface area contributed by atoms with Crippen LogP contribution in [-0.4, -0.2) is 23.4 Å². The number of phenolic OH excluding ortho intramolecular Hbond substituents is 2. The van der Waals surface area contributed by atoms with Crippen LogP contribution >= 0.6 is 0 Å². The third-order valence-electron chi connectivity index (χ3n) is 4.43. The van der Waals surface area contributed by atoms with E-state index in [9.17, 15) is 15.0 Å². The average Bonchev–Trinajstić information content (AvgIpc) is 2.61. The number of phenols is 2. The van der Waals surface area contributed by atoms with E-state index >= 15 is 0 Å². The highest BCUT2D eigenvalue weighted by Crippen LogP contribution is 2.42. The van der Waals surface area contributed by atoms with Gasteiger partial charge in [0.15, 0.2) is 0 Å². The van der Waals surface area contributed by atoms with E-state index in [1.165, 1.54) is 7.11 Å². The van der Waals surface area contributed by atoms with Gasteiger partial charge in [0.25, 0.3) is 0 Å². The van der Waals surface area contributed by atoms with E-state index in [-0.39, 0.29) is 18.0 Å². The van der Waals surface area contributed by atoms with Gasteiger partial charge in [-0.2, -0.15) is 0 Å². The summed E-state index contributed by atoms with van der Waals surface area (Å²) < 4.78 is 4.62. The van der Waals surface area contributed by atoms with Crippen molar-refractivity contribution in [3.63, 3.8) is 0 Å².